The molecule has 4 aliphatic heterocycles. The summed E-state index contributed by atoms with van der Waals surface area (Å²) in [6.07, 6.45) is -2.71. The summed E-state index contributed by atoms with van der Waals surface area (Å²) in [5.41, 5.74) is 7.95. The van der Waals surface area contributed by atoms with E-state index in [-0.39, 0.29) is 24.1 Å². The molecule has 40 nitrogen and oxygen atoms in total. The van der Waals surface area contributed by atoms with Gasteiger partial charge < -0.3 is 135 Å². The average molecular weight is 1270 g/mol. The molecule has 0 spiro atoms. The third kappa shape index (κ3) is 8.55. The average Bonchev–Trinajstić information content (AvgIpc) is 1.45. The molecule has 0 aliphatic carbocycles. The van der Waals surface area contributed by atoms with Crippen molar-refractivity contribution in [1.29, 1.82) is 0 Å². The van der Waals surface area contributed by atoms with Crippen LogP contribution in [0.25, 0.3) is 11.4 Å². The number of rotatable bonds is 12. The van der Waals surface area contributed by atoms with Crippen LogP contribution in [-0.4, -0.2) is 200 Å². The lowest BCUT2D eigenvalue weighted by atomic mass is 9.91. The van der Waals surface area contributed by atoms with Crippen LogP contribution < -0.4 is 52.0 Å². The van der Waals surface area contributed by atoms with Crippen LogP contribution in [0.2, 0.25) is 0 Å². The molecule has 0 radical (unpaired) electrons. The number of carbonyl (C=O) groups is 6. The number of piperidine rings is 2. The molecule has 0 saturated carbocycles. The Morgan fingerprint density at radius 3 is 1.40 bits per heavy atom. The third-order valence-electron chi connectivity index (χ3n) is 15.4. The molecular weight excluding hydrogens is 1220 g/mol. The van der Waals surface area contributed by atoms with Crippen LogP contribution in [0, 0.1) is 5.92 Å². The third-order valence-corrected chi connectivity index (χ3v) is 15.4. The number of primary amides is 2. The van der Waals surface area contributed by atoms with E-state index in [0.29, 0.717) is 4.90 Å². The molecule has 90 heavy (non-hydrogen) atoms. The number of ether oxygens (including phenoxy) is 2. The molecular formula is C50H50N12O28. The number of aromatic hydroxyl groups is 6. The predicted octanol–water partition coefficient (Wildman–Crippen LogP) is -7.56. The van der Waals surface area contributed by atoms with Crippen molar-refractivity contribution in [3.8, 4) is 57.4 Å². The van der Waals surface area contributed by atoms with Crippen molar-refractivity contribution in [3.05, 3.63) is 82.4 Å². The molecule has 2 fully saturated rings. The number of nitrogens with two attached hydrogens (primary N) is 4. The van der Waals surface area contributed by atoms with Crippen molar-refractivity contribution >= 4 is 69.6 Å². The number of benzene rings is 4. The van der Waals surface area contributed by atoms with E-state index in [4.69, 9.17) is 32.4 Å². The maximum Gasteiger partial charge on any atom is 0.315 e. The van der Waals surface area contributed by atoms with E-state index in [9.17, 15) is 131 Å². The molecule has 6 aromatic rings. The molecule has 4 aliphatic rings. The van der Waals surface area contributed by atoms with Gasteiger partial charge in [0.2, 0.25) is 28.9 Å². The number of carbonyl (C=O) groups excluding carboxylic acids is 6. The van der Waals surface area contributed by atoms with Crippen LogP contribution in [0.15, 0.2) is 48.5 Å². The summed E-state index contributed by atoms with van der Waals surface area (Å²) in [7, 11) is 0.963. The number of nitrogen functional groups attached to an aromatic ring is 2. The minimum absolute atomic E-state index is 0.0908. The normalized spacial score (nSPS) is 20.2. The maximum atomic E-state index is 14.6. The molecule has 4 aromatic carbocycles. The largest absolute Gasteiger partial charge is 0.504 e. The Labute approximate surface area is 497 Å². The van der Waals surface area contributed by atoms with Crippen molar-refractivity contribution in [2.75, 3.05) is 44.8 Å². The second-order valence-electron chi connectivity index (χ2n) is 20.8. The van der Waals surface area contributed by atoms with E-state index in [1.54, 1.807) is 0 Å². The molecule has 28 N–H and O–H groups in total. The smallest absolute Gasteiger partial charge is 0.315 e. The first kappa shape index (κ1) is 62.6. The number of phenols is 6. The molecule has 6 heterocycles. The van der Waals surface area contributed by atoms with E-state index in [1.807, 2.05) is 0 Å². The molecule has 40 heteroatoms. The van der Waals surface area contributed by atoms with Crippen molar-refractivity contribution in [2.24, 2.45) is 17.4 Å². The SMILES string of the molecule is COc1c(N)c(O)c(-n2nc(C(N)=O)c3c2C(=O)N(c2ccc(N4C(=O)CCC(COc5c(O)c(N)c(-n6nc(C(N)=O)c7c6C(=O)N(c6ccc(N8C(=O)C(O)(O)CCC8(O)O)cc6)C(O)(O)C7(O)O)c(O)c5O)C4(O)O)cc2)C(O)(O)C3(O)O)c(O)c1O. The van der Waals surface area contributed by atoms with Crippen molar-refractivity contribution in [3.63, 3.8) is 0 Å². The molecule has 2 saturated heterocycles. The number of hydrogen-bond acceptors (Lipinski definition) is 32. The van der Waals surface area contributed by atoms with Gasteiger partial charge in [-0.2, -0.15) is 10.2 Å². The summed E-state index contributed by atoms with van der Waals surface area (Å²) < 4.78 is 10.7. The fraction of sp³-hybridized carbons (Fsp3) is 0.280. The Balaban J connectivity index is 0.955. The van der Waals surface area contributed by atoms with Crippen molar-refractivity contribution in [2.45, 2.75) is 66.7 Å². The van der Waals surface area contributed by atoms with Gasteiger partial charge >= 0.3 is 11.8 Å². The first-order valence-electron chi connectivity index (χ1n) is 25.4. The van der Waals surface area contributed by atoms with Gasteiger partial charge in [-0.1, -0.05) is 0 Å². The maximum absolute atomic E-state index is 14.6. The number of methoxy groups -OCH3 is 1. The van der Waals surface area contributed by atoms with Crippen LogP contribution in [0.3, 0.4) is 0 Å². The zero-order chi connectivity index (χ0) is 66.7. The number of anilines is 6. The topological polar surface area (TPSA) is 678 Å². The van der Waals surface area contributed by atoms with E-state index >= 15 is 0 Å². The molecule has 2 aromatic heterocycles. The highest BCUT2D eigenvalue weighted by Crippen LogP contribution is 2.56. The van der Waals surface area contributed by atoms with E-state index in [2.05, 4.69) is 10.2 Å². The molecule has 478 valence electrons. The van der Waals surface area contributed by atoms with Crippen molar-refractivity contribution < 1.29 is 140 Å². The zero-order valence-electron chi connectivity index (χ0n) is 45.3. The Morgan fingerprint density at radius 2 is 0.956 bits per heavy atom. The van der Waals surface area contributed by atoms with Crippen molar-refractivity contribution in [1.82, 2.24) is 19.6 Å². The highest BCUT2D eigenvalue weighted by atomic mass is 16.6. The lowest BCUT2D eigenvalue weighted by Gasteiger charge is -2.46. The molecule has 1 unspecified atom stereocenters. The predicted molar refractivity (Wildman–Crippen MR) is 287 cm³/mol. The number of fused-ring (bicyclic) bond motifs is 2. The Morgan fingerprint density at radius 1 is 0.544 bits per heavy atom. The van der Waals surface area contributed by atoms with Gasteiger partial charge in [0.15, 0.2) is 45.8 Å². The summed E-state index contributed by atoms with van der Waals surface area (Å²) >= 11 is 0. The van der Waals surface area contributed by atoms with Gasteiger partial charge in [0.05, 0.1) is 30.8 Å². The summed E-state index contributed by atoms with van der Waals surface area (Å²) in [5, 5.41) is 230. The number of hydrogen-bond donors (Lipinski definition) is 24. The van der Waals surface area contributed by atoms with Gasteiger partial charge in [-0.05, 0) is 55.0 Å². The Hall–Kier alpha value is -10.4. The highest BCUT2D eigenvalue weighted by molar-refractivity contribution is 6.13. The van der Waals surface area contributed by atoms with E-state index in [0.717, 1.165) is 55.6 Å². The van der Waals surface area contributed by atoms with Gasteiger partial charge in [0.25, 0.3) is 52.9 Å². The van der Waals surface area contributed by atoms with Crippen LogP contribution in [-0.2, 0) is 21.2 Å². The molecule has 10 rings (SSSR count). The van der Waals surface area contributed by atoms with Crippen LogP contribution in [0.1, 0.15) is 78.8 Å². The summed E-state index contributed by atoms with van der Waals surface area (Å²) in [6, 6.07) is 6.23. The minimum Gasteiger partial charge on any atom is -0.504 e. The van der Waals surface area contributed by atoms with Gasteiger partial charge in [-0.15, -0.1) is 0 Å². The highest BCUT2D eigenvalue weighted by Gasteiger charge is 2.66. The molecule has 1 atom stereocenters. The van der Waals surface area contributed by atoms with Gasteiger partial charge in [0.1, 0.15) is 28.5 Å². The molecule has 0 bridgehead atoms. The number of aromatic nitrogens is 4. The van der Waals surface area contributed by atoms with Crippen LogP contribution in [0.4, 0.5) is 34.1 Å². The van der Waals surface area contributed by atoms with Gasteiger partial charge in [-0.25, -0.2) is 19.2 Å². The fourth-order valence-electron chi connectivity index (χ4n) is 10.9. The number of nitrogens with zero attached hydrogens (tertiary/aromatic N) is 8. The number of amides is 6. The summed E-state index contributed by atoms with van der Waals surface area (Å²) in [6.45, 7) is -1.07. The van der Waals surface area contributed by atoms with Gasteiger partial charge in [0, 0.05) is 42.0 Å². The second-order valence-corrected chi connectivity index (χ2v) is 20.8. The summed E-state index contributed by atoms with van der Waals surface area (Å²) in [4.78, 5) is 81.0. The van der Waals surface area contributed by atoms with E-state index < -0.39 is 240 Å². The Bertz CT molecular complexity index is 4060. The quantitative estimate of drug-likeness (QED) is 0.0234. The number of aliphatic hydroxyl groups is 14. The lowest BCUT2D eigenvalue weighted by Crippen LogP contribution is -2.68. The standard InChI is InChI=1S/C50H50N12O28/c1-89-37-24(52)31(64)30(34(67)35(37)68)62-28-22(26(56-62)40(54)71)47(81,82)50(87,88)59(42(28)73)17-5-3-16(4-6-17)57-20(63)11-2-15(48(57,83)84)14-90-38-32(65)23(51)29(33(66)36(38)69)61-27-21(25(55-61)39(53)70)46(79,80)49(85,86)58(41(27)72)18-7-9-19(10-8-18)60-43(74)44(75,76)12-13-45(60,77)78/h3-10,15,64-69,75-88H,2,11-14,51-52H2,1H3,(H2,53,70)(H2,54,71). The summed E-state index contributed by atoms with van der Waals surface area (Å²) in [5.74, 6) is -48.0. The first-order valence-corrected chi connectivity index (χ1v) is 25.4. The molecule has 6 amide bonds. The van der Waals surface area contributed by atoms with E-state index in [1.165, 1.54) is 0 Å². The first-order chi connectivity index (χ1) is 41.6. The lowest BCUT2D eigenvalue weighted by molar-refractivity contribution is -0.363. The monoisotopic (exact) mass is 1270 g/mol. The minimum atomic E-state index is -4.26. The Kier molecular flexibility index (Phi) is 13.9. The van der Waals surface area contributed by atoms with Crippen LogP contribution in [0.5, 0.6) is 46.0 Å². The fourth-order valence-corrected chi connectivity index (χ4v) is 10.9. The van der Waals surface area contributed by atoms with Crippen LogP contribution >= 0.6 is 0 Å². The second kappa shape index (κ2) is 20.0. The number of phenolic OH excluding ortho intramolecular Hbond substituents is 6. The zero-order valence-corrected chi connectivity index (χ0v) is 45.3. The van der Waals surface area contributed by atoms with Gasteiger partial charge in [-0.3, -0.25) is 38.6 Å².